The summed E-state index contributed by atoms with van der Waals surface area (Å²) in [6, 6.07) is 15.8. The molecule has 0 amide bonds. The molecule has 2 aromatic heterocycles. The van der Waals surface area contributed by atoms with Crippen molar-refractivity contribution in [2.75, 3.05) is 0 Å². The van der Waals surface area contributed by atoms with E-state index >= 15 is 0 Å². The molecule has 0 saturated heterocycles. The molecule has 0 radical (unpaired) electrons. The Morgan fingerprint density at radius 3 is 2.52 bits per heavy atom. The standard InChI is InChI=1S/C21H23N3O2S/c1-14(2)19-21(27-17-10-5-4-6-11-17)24-20(23-19)18(26-15(3)25)13-16-9-7-8-12-22-16/h4-12,14,18H,13H2,1-3H3,(H,23,24). The monoisotopic (exact) mass is 381 g/mol. The summed E-state index contributed by atoms with van der Waals surface area (Å²) < 4.78 is 5.56. The van der Waals surface area contributed by atoms with Crippen LogP contribution < -0.4 is 0 Å². The summed E-state index contributed by atoms with van der Waals surface area (Å²) in [5.41, 5.74) is 1.89. The summed E-state index contributed by atoms with van der Waals surface area (Å²) in [6.45, 7) is 5.65. The smallest absolute Gasteiger partial charge is 0.303 e. The molecule has 1 unspecified atom stereocenters. The number of H-pyrrole nitrogens is 1. The van der Waals surface area contributed by atoms with E-state index in [1.165, 1.54) is 6.92 Å². The van der Waals surface area contributed by atoms with Crippen molar-refractivity contribution in [2.24, 2.45) is 0 Å². The van der Waals surface area contributed by atoms with Crippen LogP contribution in [0.1, 0.15) is 50.0 Å². The van der Waals surface area contributed by atoms with Crippen molar-refractivity contribution in [1.29, 1.82) is 0 Å². The van der Waals surface area contributed by atoms with Crippen molar-refractivity contribution < 1.29 is 9.53 Å². The van der Waals surface area contributed by atoms with Crippen molar-refractivity contribution in [3.63, 3.8) is 0 Å². The third kappa shape index (κ3) is 5.20. The molecule has 0 aliphatic rings. The summed E-state index contributed by atoms with van der Waals surface area (Å²) in [5.74, 6) is 0.582. The quantitative estimate of drug-likeness (QED) is 0.588. The molecule has 3 rings (SSSR count). The van der Waals surface area contributed by atoms with Crippen LogP contribution in [0.25, 0.3) is 0 Å². The Kier molecular flexibility index (Phi) is 6.29. The molecule has 0 fully saturated rings. The second kappa shape index (κ2) is 8.86. The van der Waals surface area contributed by atoms with E-state index in [9.17, 15) is 4.79 Å². The number of ether oxygens (including phenoxy) is 1. The Bertz CT molecular complexity index is 879. The number of imidazole rings is 1. The zero-order chi connectivity index (χ0) is 19.2. The minimum absolute atomic E-state index is 0.269. The van der Waals surface area contributed by atoms with Crippen LogP contribution in [0.3, 0.4) is 0 Å². The Morgan fingerprint density at radius 2 is 1.89 bits per heavy atom. The molecule has 3 aromatic rings. The van der Waals surface area contributed by atoms with Crippen LogP contribution in [0.4, 0.5) is 0 Å². The number of rotatable bonds is 7. The number of carbonyl (C=O) groups excluding carboxylic acids is 1. The summed E-state index contributed by atoms with van der Waals surface area (Å²) in [4.78, 5) is 25.3. The molecular formula is C21H23N3O2S. The van der Waals surface area contributed by atoms with E-state index in [4.69, 9.17) is 9.72 Å². The first-order valence-electron chi connectivity index (χ1n) is 8.92. The molecule has 1 aromatic carbocycles. The van der Waals surface area contributed by atoms with Crippen LogP contribution >= 0.6 is 11.8 Å². The normalized spacial score (nSPS) is 12.1. The van der Waals surface area contributed by atoms with Crippen LogP contribution in [-0.4, -0.2) is 20.9 Å². The number of nitrogens with zero attached hydrogens (tertiary/aromatic N) is 2. The van der Waals surface area contributed by atoms with Crippen LogP contribution in [-0.2, 0) is 16.0 Å². The van der Waals surface area contributed by atoms with Crippen molar-refractivity contribution in [3.05, 3.63) is 71.9 Å². The van der Waals surface area contributed by atoms with E-state index in [1.807, 2.05) is 36.4 Å². The van der Waals surface area contributed by atoms with Gasteiger partial charge < -0.3 is 9.72 Å². The molecule has 5 nitrogen and oxygen atoms in total. The molecule has 0 spiro atoms. The van der Waals surface area contributed by atoms with Gasteiger partial charge >= 0.3 is 5.97 Å². The van der Waals surface area contributed by atoms with Gasteiger partial charge in [0.15, 0.2) is 6.10 Å². The average Bonchev–Trinajstić information content (AvgIpc) is 3.07. The number of pyridine rings is 1. The molecule has 0 aliphatic heterocycles. The molecule has 1 atom stereocenters. The highest BCUT2D eigenvalue weighted by Crippen LogP contribution is 2.34. The number of aromatic amines is 1. The lowest BCUT2D eigenvalue weighted by molar-refractivity contribution is -0.147. The van der Waals surface area contributed by atoms with Crippen molar-refractivity contribution >= 4 is 17.7 Å². The van der Waals surface area contributed by atoms with E-state index in [0.29, 0.717) is 12.2 Å². The minimum Gasteiger partial charge on any atom is -0.454 e. The number of carbonyl (C=O) groups is 1. The highest BCUT2D eigenvalue weighted by atomic mass is 32.2. The number of benzene rings is 1. The minimum atomic E-state index is -0.500. The zero-order valence-corrected chi connectivity index (χ0v) is 16.5. The molecule has 1 N–H and O–H groups in total. The third-order valence-electron chi connectivity index (χ3n) is 3.98. The summed E-state index contributed by atoms with van der Waals surface area (Å²) >= 11 is 1.61. The van der Waals surface area contributed by atoms with Crippen LogP contribution in [0.2, 0.25) is 0 Å². The molecule has 0 bridgehead atoms. The van der Waals surface area contributed by atoms with Gasteiger partial charge in [0.05, 0.1) is 5.69 Å². The van der Waals surface area contributed by atoms with Crippen LogP contribution in [0.15, 0.2) is 64.6 Å². The van der Waals surface area contributed by atoms with Crippen LogP contribution in [0.5, 0.6) is 0 Å². The van der Waals surface area contributed by atoms with Crippen molar-refractivity contribution in [3.8, 4) is 0 Å². The van der Waals surface area contributed by atoms with E-state index in [0.717, 1.165) is 21.3 Å². The lowest BCUT2D eigenvalue weighted by Crippen LogP contribution is -2.13. The maximum Gasteiger partial charge on any atom is 0.303 e. The van der Waals surface area contributed by atoms with Crippen LogP contribution in [0, 0.1) is 0 Å². The molecule has 2 heterocycles. The van der Waals surface area contributed by atoms with Gasteiger partial charge in [-0.05, 0) is 30.2 Å². The summed E-state index contributed by atoms with van der Waals surface area (Å²) in [5, 5.41) is 0.907. The van der Waals surface area contributed by atoms with Gasteiger partial charge in [-0.2, -0.15) is 0 Å². The van der Waals surface area contributed by atoms with Crippen molar-refractivity contribution in [1.82, 2.24) is 15.0 Å². The fourth-order valence-corrected chi connectivity index (χ4v) is 3.77. The first-order valence-corrected chi connectivity index (χ1v) is 9.74. The summed E-state index contributed by atoms with van der Waals surface area (Å²) in [6.07, 6.45) is 1.71. The Balaban J connectivity index is 1.91. The van der Waals surface area contributed by atoms with Gasteiger partial charge in [-0.25, -0.2) is 4.98 Å². The predicted molar refractivity (Wildman–Crippen MR) is 106 cm³/mol. The zero-order valence-electron chi connectivity index (χ0n) is 15.7. The molecule has 140 valence electrons. The third-order valence-corrected chi connectivity index (χ3v) is 5.00. The molecule has 0 saturated carbocycles. The topological polar surface area (TPSA) is 67.9 Å². The Morgan fingerprint density at radius 1 is 1.15 bits per heavy atom. The molecular weight excluding hydrogens is 358 g/mol. The first-order chi connectivity index (χ1) is 13.0. The fraction of sp³-hybridized carbons (Fsp3) is 0.286. The van der Waals surface area contributed by atoms with Gasteiger partial charge in [0.2, 0.25) is 0 Å². The number of nitrogens with one attached hydrogen (secondary N) is 1. The number of aromatic nitrogens is 3. The largest absolute Gasteiger partial charge is 0.454 e. The maximum absolute atomic E-state index is 11.6. The highest BCUT2D eigenvalue weighted by Gasteiger charge is 2.23. The molecule has 6 heteroatoms. The fourth-order valence-electron chi connectivity index (χ4n) is 2.71. The van der Waals surface area contributed by atoms with Gasteiger partial charge in [-0.15, -0.1) is 0 Å². The Hall–Kier alpha value is -2.60. The first kappa shape index (κ1) is 19.2. The van der Waals surface area contributed by atoms with Gasteiger partial charge in [0.1, 0.15) is 10.9 Å². The van der Waals surface area contributed by atoms with E-state index in [2.05, 4.69) is 35.9 Å². The van der Waals surface area contributed by atoms with Gasteiger partial charge in [0.25, 0.3) is 0 Å². The second-order valence-corrected chi connectivity index (χ2v) is 7.60. The summed E-state index contributed by atoms with van der Waals surface area (Å²) in [7, 11) is 0. The Labute approximate surface area is 163 Å². The van der Waals surface area contributed by atoms with E-state index in [1.54, 1.807) is 18.0 Å². The molecule has 27 heavy (non-hydrogen) atoms. The highest BCUT2D eigenvalue weighted by molar-refractivity contribution is 7.99. The second-order valence-electron chi connectivity index (χ2n) is 6.53. The predicted octanol–water partition coefficient (Wildman–Crippen LogP) is 4.93. The SMILES string of the molecule is CC(=O)OC(Cc1ccccn1)c1nc(Sc2ccccc2)c(C(C)C)[nH]1. The van der Waals surface area contributed by atoms with Crippen molar-refractivity contribution in [2.45, 2.75) is 49.1 Å². The van der Waals surface area contributed by atoms with Gasteiger partial charge in [-0.1, -0.05) is 49.9 Å². The van der Waals surface area contributed by atoms with E-state index in [-0.39, 0.29) is 11.9 Å². The lowest BCUT2D eigenvalue weighted by atomic mass is 10.1. The molecule has 0 aliphatic carbocycles. The number of hydrogen-bond acceptors (Lipinski definition) is 5. The van der Waals surface area contributed by atoms with E-state index < -0.39 is 6.10 Å². The lowest BCUT2D eigenvalue weighted by Gasteiger charge is -2.14. The maximum atomic E-state index is 11.6. The number of hydrogen-bond donors (Lipinski definition) is 1. The van der Waals surface area contributed by atoms with Gasteiger partial charge in [0, 0.05) is 30.1 Å². The van der Waals surface area contributed by atoms with Gasteiger partial charge in [-0.3, -0.25) is 9.78 Å². The average molecular weight is 382 g/mol. The number of esters is 1.